The van der Waals surface area contributed by atoms with Crippen LogP contribution in [0.3, 0.4) is 0 Å². The van der Waals surface area contributed by atoms with Gasteiger partial charge >= 0.3 is 14.8 Å². The normalized spacial score (nSPS) is 12.4. The Morgan fingerprint density at radius 3 is 1.88 bits per heavy atom. The standard InChI is InChI=1S/C18H38O5Si/c1-7-21-24(22-8-2,23-9-3)16-15-20-17(19)13-11-10-12-14-18(4,5)6/h7-16H2,1-6H3. The first-order valence-electron chi connectivity index (χ1n) is 9.36. The number of carbonyl (C=O) groups is 1. The van der Waals surface area contributed by atoms with Gasteiger partial charge in [-0.3, -0.25) is 4.79 Å². The first kappa shape index (κ1) is 23.6. The number of rotatable bonds is 14. The number of hydrogen-bond acceptors (Lipinski definition) is 5. The predicted molar refractivity (Wildman–Crippen MR) is 98.9 cm³/mol. The van der Waals surface area contributed by atoms with Gasteiger partial charge in [-0.05, 0) is 39.0 Å². The summed E-state index contributed by atoms with van der Waals surface area (Å²) in [6.45, 7) is 14.4. The molecule has 0 bridgehead atoms. The van der Waals surface area contributed by atoms with E-state index in [1.807, 2.05) is 20.8 Å². The Balaban J connectivity index is 4.02. The molecule has 0 amide bonds. The van der Waals surface area contributed by atoms with E-state index in [9.17, 15) is 4.79 Å². The molecule has 0 heterocycles. The molecule has 0 aliphatic carbocycles. The maximum absolute atomic E-state index is 11.8. The van der Waals surface area contributed by atoms with Crippen molar-refractivity contribution in [2.24, 2.45) is 5.41 Å². The summed E-state index contributed by atoms with van der Waals surface area (Å²) in [5, 5.41) is 0. The molecular weight excluding hydrogens is 324 g/mol. The zero-order chi connectivity index (χ0) is 18.5. The van der Waals surface area contributed by atoms with E-state index in [1.165, 1.54) is 6.42 Å². The van der Waals surface area contributed by atoms with Crippen molar-refractivity contribution in [2.45, 2.75) is 79.7 Å². The molecule has 0 atom stereocenters. The van der Waals surface area contributed by atoms with Crippen molar-refractivity contribution < 1.29 is 22.8 Å². The molecule has 0 spiro atoms. The SMILES string of the molecule is CCO[Si](CCOC(=O)CCCCCC(C)(C)C)(OCC)OCC. The van der Waals surface area contributed by atoms with Crippen LogP contribution in [0.25, 0.3) is 0 Å². The Morgan fingerprint density at radius 1 is 0.875 bits per heavy atom. The zero-order valence-corrected chi connectivity index (χ0v) is 17.6. The third kappa shape index (κ3) is 12.0. The zero-order valence-electron chi connectivity index (χ0n) is 16.6. The predicted octanol–water partition coefficient (Wildman–Crippen LogP) is 4.57. The molecule has 0 N–H and O–H groups in total. The van der Waals surface area contributed by atoms with Crippen LogP contribution >= 0.6 is 0 Å². The first-order chi connectivity index (χ1) is 11.3. The summed E-state index contributed by atoms with van der Waals surface area (Å²) in [6, 6.07) is 0.512. The number of ether oxygens (including phenoxy) is 1. The molecule has 144 valence electrons. The van der Waals surface area contributed by atoms with E-state index in [2.05, 4.69) is 20.8 Å². The van der Waals surface area contributed by atoms with Gasteiger partial charge in [0.1, 0.15) is 0 Å². The van der Waals surface area contributed by atoms with Crippen molar-refractivity contribution in [1.29, 1.82) is 0 Å². The summed E-state index contributed by atoms with van der Waals surface area (Å²) in [5.41, 5.74) is 0.367. The quantitative estimate of drug-likeness (QED) is 0.257. The lowest BCUT2D eigenvalue weighted by Crippen LogP contribution is -2.47. The Hall–Kier alpha value is -0.433. The third-order valence-electron chi connectivity index (χ3n) is 3.57. The van der Waals surface area contributed by atoms with E-state index >= 15 is 0 Å². The highest BCUT2D eigenvalue weighted by atomic mass is 28.4. The highest BCUT2D eigenvalue weighted by molar-refractivity contribution is 6.60. The third-order valence-corrected chi connectivity index (χ3v) is 6.57. The smallest absolute Gasteiger partial charge is 0.466 e. The largest absolute Gasteiger partial charge is 0.504 e. The van der Waals surface area contributed by atoms with E-state index in [0.29, 0.717) is 44.3 Å². The average Bonchev–Trinajstić information content (AvgIpc) is 2.46. The molecule has 0 aliphatic heterocycles. The lowest BCUT2D eigenvalue weighted by Gasteiger charge is -2.28. The lowest BCUT2D eigenvalue weighted by atomic mass is 9.89. The Bertz CT molecular complexity index is 311. The first-order valence-corrected chi connectivity index (χ1v) is 11.3. The molecule has 24 heavy (non-hydrogen) atoms. The second-order valence-corrected chi connectivity index (χ2v) is 9.81. The second-order valence-electron chi connectivity index (χ2n) is 7.07. The molecule has 0 saturated carbocycles. The topological polar surface area (TPSA) is 54.0 Å². The molecule has 0 saturated heterocycles. The van der Waals surface area contributed by atoms with E-state index in [1.54, 1.807) is 0 Å². The molecule has 6 heteroatoms. The molecule has 0 aromatic heterocycles. The summed E-state index contributed by atoms with van der Waals surface area (Å²) >= 11 is 0. The highest BCUT2D eigenvalue weighted by Gasteiger charge is 2.40. The van der Waals surface area contributed by atoms with Crippen molar-refractivity contribution in [3.8, 4) is 0 Å². The van der Waals surface area contributed by atoms with Crippen LogP contribution in [0.15, 0.2) is 0 Å². The summed E-state index contributed by atoms with van der Waals surface area (Å²) in [5.74, 6) is -0.141. The van der Waals surface area contributed by atoms with Gasteiger partial charge in [-0.25, -0.2) is 0 Å². The summed E-state index contributed by atoms with van der Waals surface area (Å²) in [7, 11) is -2.70. The average molecular weight is 363 g/mol. The van der Waals surface area contributed by atoms with Crippen molar-refractivity contribution in [3.63, 3.8) is 0 Å². The van der Waals surface area contributed by atoms with Gasteiger partial charge in [0.05, 0.1) is 12.7 Å². The molecule has 5 nitrogen and oxygen atoms in total. The molecule has 0 aromatic carbocycles. The molecule has 0 radical (unpaired) electrons. The number of unbranched alkanes of at least 4 members (excludes halogenated alkanes) is 2. The number of carbonyl (C=O) groups excluding carboxylic acids is 1. The van der Waals surface area contributed by atoms with E-state index in [4.69, 9.17) is 18.0 Å². The maximum atomic E-state index is 11.8. The van der Waals surface area contributed by atoms with Crippen LogP contribution in [0.5, 0.6) is 0 Å². The molecule has 0 aliphatic rings. The molecule has 0 aromatic rings. The maximum Gasteiger partial charge on any atom is 0.504 e. The monoisotopic (exact) mass is 362 g/mol. The van der Waals surface area contributed by atoms with Gasteiger partial charge in [-0.15, -0.1) is 0 Å². The summed E-state index contributed by atoms with van der Waals surface area (Å²) in [6.07, 6.45) is 4.79. The van der Waals surface area contributed by atoms with Crippen molar-refractivity contribution >= 4 is 14.8 Å². The van der Waals surface area contributed by atoms with Crippen molar-refractivity contribution in [1.82, 2.24) is 0 Å². The van der Waals surface area contributed by atoms with Gasteiger partial charge in [-0.2, -0.15) is 0 Å². The highest BCUT2D eigenvalue weighted by Crippen LogP contribution is 2.22. The van der Waals surface area contributed by atoms with Gasteiger partial charge in [0.15, 0.2) is 0 Å². The van der Waals surface area contributed by atoms with Crippen LogP contribution in [-0.4, -0.2) is 41.2 Å². The van der Waals surface area contributed by atoms with Crippen LogP contribution in [0.2, 0.25) is 6.04 Å². The molecule has 0 fully saturated rings. The fourth-order valence-corrected chi connectivity index (χ4v) is 4.82. The van der Waals surface area contributed by atoms with Gasteiger partial charge in [-0.1, -0.05) is 33.6 Å². The number of esters is 1. The van der Waals surface area contributed by atoms with E-state index < -0.39 is 8.80 Å². The van der Waals surface area contributed by atoms with E-state index in [0.717, 1.165) is 19.3 Å². The Morgan fingerprint density at radius 2 is 1.42 bits per heavy atom. The van der Waals surface area contributed by atoms with Gasteiger partial charge < -0.3 is 18.0 Å². The lowest BCUT2D eigenvalue weighted by molar-refractivity contribution is -0.143. The van der Waals surface area contributed by atoms with Gasteiger partial charge in [0.2, 0.25) is 0 Å². The minimum Gasteiger partial charge on any atom is -0.466 e. The van der Waals surface area contributed by atoms with Gasteiger partial charge in [0, 0.05) is 26.2 Å². The fraction of sp³-hybridized carbons (Fsp3) is 0.944. The Labute approximate surface area is 149 Å². The van der Waals surface area contributed by atoms with Gasteiger partial charge in [0.25, 0.3) is 0 Å². The number of hydrogen-bond donors (Lipinski definition) is 0. The summed E-state index contributed by atoms with van der Waals surface area (Å²) < 4.78 is 22.6. The fourth-order valence-electron chi connectivity index (χ4n) is 2.46. The van der Waals surface area contributed by atoms with E-state index in [-0.39, 0.29) is 5.97 Å². The van der Waals surface area contributed by atoms with Crippen LogP contribution < -0.4 is 0 Å². The minimum absolute atomic E-state index is 0.141. The van der Waals surface area contributed by atoms with Crippen LogP contribution in [0, 0.1) is 5.41 Å². The van der Waals surface area contributed by atoms with Crippen LogP contribution in [-0.2, 0) is 22.8 Å². The van der Waals surface area contributed by atoms with Crippen LogP contribution in [0.1, 0.15) is 73.6 Å². The molecule has 0 unspecified atom stereocenters. The molecular formula is C18H38O5Si. The molecule has 0 rings (SSSR count). The summed E-state index contributed by atoms with van der Waals surface area (Å²) in [4.78, 5) is 11.8. The Kier molecular flexibility index (Phi) is 12.6. The van der Waals surface area contributed by atoms with Crippen molar-refractivity contribution in [3.05, 3.63) is 0 Å². The van der Waals surface area contributed by atoms with Crippen LogP contribution in [0.4, 0.5) is 0 Å². The minimum atomic E-state index is -2.70. The second kappa shape index (κ2) is 12.9. The van der Waals surface area contributed by atoms with Crippen molar-refractivity contribution in [2.75, 3.05) is 26.4 Å².